The molecule has 0 aliphatic carbocycles. The summed E-state index contributed by atoms with van der Waals surface area (Å²) in [6, 6.07) is 11.5. The first kappa shape index (κ1) is 20.3. The molecule has 1 heterocycles. The van der Waals surface area contributed by atoms with E-state index in [0.717, 1.165) is 37.1 Å². The lowest BCUT2D eigenvalue weighted by molar-refractivity contribution is 0.110. The maximum atomic E-state index is 6.49. The van der Waals surface area contributed by atoms with E-state index < -0.39 is 0 Å². The Kier molecular flexibility index (Phi) is 7.65. The van der Waals surface area contributed by atoms with Gasteiger partial charge in [0.25, 0.3) is 0 Å². The SMILES string of the molecule is CCOc1cc(CNC[C@H]2CCCO2)cc(Cl)c1OCc1cccc(Cl)c1. The van der Waals surface area contributed by atoms with Gasteiger partial charge in [-0.15, -0.1) is 0 Å². The van der Waals surface area contributed by atoms with Crippen molar-refractivity contribution in [3.05, 3.63) is 57.6 Å². The van der Waals surface area contributed by atoms with Gasteiger partial charge in [0, 0.05) is 24.7 Å². The lowest BCUT2D eigenvalue weighted by atomic mass is 10.2. The largest absolute Gasteiger partial charge is 0.490 e. The summed E-state index contributed by atoms with van der Waals surface area (Å²) in [7, 11) is 0. The van der Waals surface area contributed by atoms with E-state index in [0.29, 0.717) is 47.4 Å². The molecule has 0 saturated carbocycles. The molecule has 1 aliphatic heterocycles. The molecule has 0 spiro atoms. The molecule has 0 radical (unpaired) electrons. The van der Waals surface area contributed by atoms with Gasteiger partial charge in [-0.3, -0.25) is 0 Å². The Morgan fingerprint density at radius 2 is 2.04 bits per heavy atom. The average molecular weight is 410 g/mol. The maximum absolute atomic E-state index is 6.49. The van der Waals surface area contributed by atoms with Crippen molar-refractivity contribution in [3.8, 4) is 11.5 Å². The molecule has 1 fully saturated rings. The van der Waals surface area contributed by atoms with Gasteiger partial charge < -0.3 is 19.5 Å². The van der Waals surface area contributed by atoms with Crippen molar-refractivity contribution in [2.24, 2.45) is 0 Å². The molecule has 2 aromatic rings. The fourth-order valence-electron chi connectivity index (χ4n) is 3.09. The van der Waals surface area contributed by atoms with E-state index >= 15 is 0 Å². The van der Waals surface area contributed by atoms with Crippen molar-refractivity contribution < 1.29 is 14.2 Å². The van der Waals surface area contributed by atoms with Gasteiger partial charge in [0.1, 0.15) is 6.61 Å². The number of hydrogen-bond donors (Lipinski definition) is 1. The Hall–Kier alpha value is -1.46. The lowest BCUT2D eigenvalue weighted by Crippen LogP contribution is -2.25. The average Bonchev–Trinajstić information content (AvgIpc) is 3.15. The van der Waals surface area contributed by atoms with Crippen molar-refractivity contribution in [2.75, 3.05) is 19.8 Å². The van der Waals surface area contributed by atoms with Crippen molar-refractivity contribution >= 4 is 23.2 Å². The van der Waals surface area contributed by atoms with Crippen LogP contribution < -0.4 is 14.8 Å². The Labute approximate surface area is 170 Å². The van der Waals surface area contributed by atoms with Crippen LogP contribution in [0.1, 0.15) is 30.9 Å². The molecular weight excluding hydrogens is 385 g/mol. The summed E-state index contributed by atoms with van der Waals surface area (Å²) >= 11 is 12.5. The summed E-state index contributed by atoms with van der Waals surface area (Å²) in [5.74, 6) is 1.21. The zero-order valence-electron chi connectivity index (χ0n) is 15.5. The van der Waals surface area contributed by atoms with E-state index in [1.807, 2.05) is 43.3 Å². The molecule has 27 heavy (non-hydrogen) atoms. The van der Waals surface area contributed by atoms with Crippen LogP contribution in [0, 0.1) is 0 Å². The van der Waals surface area contributed by atoms with Crippen molar-refractivity contribution in [1.29, 1.82) is 0 Å². The van der Waals surface area contributed by atoms with Crippen LogP contribution in [0.25, 0.3) is 0 Å². The Bertz CT molecular complexity index is 748. The first-order chi connectivity index (χ1) is 13.2. The second kappa shape index (κ2) is 10.2. The fraction of sp³-hybridized carbons (Fsp3) is 0.429. The van der Waals surface area contributed by atoms with E-state index in [-0.39, 0.29) is 0 Å². The molecule has 6 heteroatoms. The second-order valence-electron chi connectivity index (χ2n) is 6.52. The van der Waals surface area contributed by atoms with E-state index in [2.05, 4.69) is 5.32 Å². The summed E-state index contributed by atoms with van der Waals surface area (Å²) in [5.41, 5.74) is 2.03. The first-order valence-electron chi connectivity index (χ1n) is 9.30. The van der Waals surface area contributed by atoms with E-state index in [9.17, 15) is 0 Å². The minimum absolute atomic E-state index is 0.312. The zero-order chi connectivity index (χ0) is 19.1. The molecule has 0 unspecified atom stereocenters. The predicted molar refractivity (Wildman–Crippen MR) is 109 cm³/mol. The summed E-state index contributed by atoms with van der Waals surface area (Å²) in [6.07, 6.45) is 2.58. The van der Waals surface area contributed by atoms with Crippen LogP contribution >= 0.6 is 23.2 Å². The summed E-state index contributed by atoms with van der Waals surface area (Å²) in [5, 5.41) is 4.65. The molecule has 3 rings (SSSR count). The van der Waals surface area contributed by atoms with Crippen LogP contribution in [0.3, 0.4) is 0 Å². The predicted octanol–water partition coefficient (Wildman–Crippen LogP) is 5.24. The Morgan fingerprint density at radius 1 is 1.15 bits per heavy atom. The highest BCUT2D eigenvalue weighted by molar-refractivity contribution is 6.32. The minimum atomic E-state index is 0.312. The molecule has 2 aromatic carbocycles. The molecule has 4 nitrogen and oxygen atoms in total. The van der Waals surface area contributed by atoms with Crippen molar-refractivity contribution in [2.45, 2.75) is 39.0 Å². The highest BCUT2D eigenvalue weighted by atomic mass is 35.5. The second-order valence-corrected chi connectivity index (χ2v) is 7.37. The van der Waals surface area contributed by atoms with Crippen LogP contribution in [-0.4, -0.2) is 25.9 Å². The van der Waals surface area contributed by atoms with E-state index in [4.69, 9.17) is 37.4 Å². The number of nitrogens with one attached hydrogen (secondary N) is 1. The minimum Gasteiger partial charge on any atom is -0.490 e. The molecule has 1 saturated heterocycles. The summed E-state index contributed by atoms with van der Waals surface area (Å²) in [4.78, 5) is 0. The van der Waals surface area contributed by atoms with Gasteiger partial charge in [-0.05, 0) is 55.2 Å². The van der Waals surface area contributed by atoms with E-state index in [1.54, 1.807) is 0 Å². The molecule has 0 amide bonds. The molecule has 0 bridgehead atoms. The fourth-order valence-corrected chi connectivity index (χ4v) is 3.59. The third-order valence-corrected chi connectivity index (χ3v) is 4.88. The third kappa shape index (κ3) is 6.01. The molecular formula is C21H25Cl2NO3. The highest BCUT2D eigenvalue weighted by Crippen LogP contribution is 2.37. The third-order valence-electron chi connectivity index (χ3n) is 4.37. The van der Waals surface area contributed by atoms with E-state index in [1.165, 1.54) is 0 Å². The molecule has 1 aliphatic rings. The number of benzene rings is 2. The normalized spacial score (nSPS) is 16.5. The smallest absolute Gasteiger partial charge is 0.180 e. The van der Waals surface area contributed by atoms with Crippen LogP contribution in [-0.2, 0) is 17.9 Å². The first-order valence-corrected chi connectivity index (χ1v) is 10.1. The topological polar surface area (TPSA) is 39.7 Å². The van der Waals surface area contributed by atoms with Crippen LogP contribution in [0.5, 0.6) is 11.5 Å². The van der Waals surface area contributed by atoms with Crippen molar-refractivity contribution in [3.63, 3.8) is 0 Å². The summed E-state index contributed by atoms with van der Waals surface area (Å²) < 4.78 is 17.3. The molecule has 0 aromatic heterocycles. The monoisotopic (exact) mass is 409 g/mol. The van der Waals surface area contributed by atoms with Gasteiger partial charge >= 0.3 is 0 Å². The Balaban J connectivity index is 1.65. The number of ether oxygens (including phenoxy) is 3. The summed E-state index contributed by atoms with van der Waals surface area (Å²) in [6.45, 7) is 5.26. The van der Waals surface area contributed by atoms with Crippen molar-refractivity contribution in [1.82, 2.24) is 5.32 Å². The quantitative estimate of drug-likeness (QED) is 0.614. The van der Waals surface area contributed by atoms with Crippen LogP contribution in [0.15, 0.2) is 36.4 Å². The number of halogens is 2. The number of rotatable bonds is 9. The molecule has 146 valence electrons. The van der Waals surface area contributed by atoms with Gasteiger partial charge in [-0.25, -0.2) is 0 Å². The lowest BCUT2D eigenvalue weighted by Gasteiger charge is -2.16. The van der Waals surface area contributed by atoms with Gasteiger partial charge in [-0.1, -0.05) is 35.3 Å². The Morgan fingerprint density at radius 3 is 2.78 bits per heavy atom. The highest BCUT2D eigenvalue weighted by Gasteiger charge is 2.16. The van der Waals surface area contributed by atoms with Gasteiger partial charge in [0.05, 0.1) is 17.7 Å². The van der Waals surface area contributed by atoms with Crippen LogP contribution in [0.4, 0.5) is 0 Å². The number of hydrogen-bond acceptors (Lipinski definition) is 4. The molecule has 1 N–H and O–H groups in total. The maximum Gasteiger partial charge on any atom is 0.180 e. The van der Waals surface area contributed by atoms with Gasteiger partial charge in [0.15, 0.2) is 11.5 Å². The van der Waals surface area contributed by atoms with Gasteiger partial charge in [0.2, 0.25) is 0 Å². The van der Waals surface area contributed by atoms with Crippen LogP contribution in [0.2, 0.25) is 10.0 Å². The zero-order valence-corrected chi connectivity index (χ0v) is 17.0. The van der Waals surface area contributed by atoms with Gasteiger partial charge in [-0.2, -0.15) is 0 Å². The standard InChI is InChI=1S/C21H25Cl2NO3/c1-2-25-20-11-16(12-24-13-18-7-4-8-26-18)10-19(23)21(20)27-14-15-5-3-6-17(22)9-15/h3,5-6,9-11,18,24H,2,4,7-8,12-14H2,1H3/t18-/m1/s1. The molecule has 1 atom stereocenters.